The number of hydrogen-bond acceptors (Lipinski definition) is 5. The lowest BCUT2D eigenvalue weighted by Crippen LogP contribution is -2.38. The van der Waals surface area contributed by atoms with E-state index in [0.29, 0.717) is 12.8 Å². The number of phosphoric ester groups is 1. The fourth-order valence-corrected chi connectivity index (χ4v) is 2.76. The van der Waals surface area contributed by atoms with Crippen molar-refractivity contribution in [3.63, 3.8) is 0 Å². The summed E-state index contributed by atoms with van der Waals surface area (Å²) in [4.78, 5) is 42.3. The number of halogens is 1. The summed E-state index contributed by atoms with van der Waals surface area (Å²) >= 11 is 5.81. The average Bonchev–Trinajstić information content (AvgIpc) is 2.81. The SMILES string of the molecule is O=c1ccn(C2CC[C@@](CCl)(COP(=O)(O)O)O2)c(=O)[nH]1. The Morgan fingerprint density at radius 3 is 2.86 bits per heavy atom. The van der Waals surface area contributed by atoms with Crippen LogP contribution in [0.2, 0.25) is 0 Å². The highest BCUT2D eigenvalue weighted by atomic mass is 35.5. The maximum atomic E-state index is 11.7. The van der Waals surface area contributed by atoms with Crippen LogP contribution in [0.1, 0.15) is 19.1 Å². The van der Waals surface area contributed by atoms with E-state index in [9.17, 15) is 14.2 Å². The van der Waals surface area contributed by atoms with Crippen LogP contribution in [-0.2, 0) is 13.8 Å². The summed E-state index contributed by atoms with van der Waals surface area (Å²) in [5, 5.41) is 0. The summed E-state index contributed by atoms with van der Waals surface area (Å²) in [6.07, 6.45) is 1.35. The standard InChI is InChI=1S/C10H14ClN2O7P/c11-5-10(6-19-21(16,17)18)3-1-8(20-10)13-4-2-7(14)12-9(13)15/h2,4,8H,1,3,5-6H2,(H,12,14,15)(H2,16,17,18)/t8?,10-/m1/s1. The zero-order valence-electron chi connectivity index (χ0n) is 10.8. The zero-order chi connectivity index (χ0) is 15.7. The minimum Gasteiger partial charge on any atom is -0.348 e. The molecule has 118 valence electrons. The highest BCUT2D eigenvalue weighted by molar-refractivity contribution is 7.46. The van der Waals surface area contributed by atoms with E-state index in [2.05, 4.69) is 9.51 Å². The number of H-pyrrole nitrogens is 1. The lowest BCUT2D eigenvalue weighted by Gasteiger charge is -2.27. The van der Waals surface area contributed by atoms with Crippen molar-refractivity contribution in [2.24, 2.45) is 0 Å². The maximum absolute atomic E-state index is 11.7. The Bertz CT molecular complexity index is 668. The van der Waals surface area contributed by atoms with Gasteiger partial charge in [-0.05, 0) is 12.8 Å². The van der Waals surface area contributed by atoms with Crippen LogP contribution in [0, 0.1) is 0 Å². The van der Waals surface area contributed by atoms with Gasteiger partial charge in [0.1, 0.15) is 11.8 Å². The number of aromatic amines is 1. The molecule has 0 saturated carbocycles. The molecule has 0 aliphatic carbocycles. The van der Waals surface area contributed by atoms with E-state index in [-0.39, 0.29) is 5.88 Å². The van der Waals surface area contributed by atoms with Gasteiger partial charge in [0, 0.05) is 12.3 Å². The molecule has 1 aromatic rings. The Morgan fingerprint density at radius 2 is 2.29 bits per heavy atom. The molecule has 2 rings (SSSR count). The summed E-state index contributed by atoms with van der Waals surface area (Å²) in [7, 11) is -4.64. The highest BCUT2D eigenvalue weighted by Gasteiger charge is 2.42. The van der Waals surface area contributed by atoms with E-state index in [1.165, 1.54) is 16.8 Å². The summed E-state index contributed by atoms with van der Waals surface area (Å²) in [5.41, 5.74) is -2.25. The summed E-state index contributed by atoms with van der Waals surface area (Å²) in [6.45, 7) is -0.393. The molecule has 0 aromatic carbocycles. The van der Waals surface area contributed by atoms with Gasteiger partial charge in [-0.1, -0.05) is 0 Å². The van der Waals surface area contributed by atoms with Crippen molar-refractivity contribution >= 4 is 19.4 Å². The van der Waals surface area contributed by atoms with Gasteiger partial charge in [0.15, 0.2) is 0 Å². The lowest BCUT2D eigenvalue weighted by atomic mass is 10.0. The van der Waals surface area contributed by atoms with E-state index in [1.54, 1.807) is 0 Å². The van der Waals surface area contributed by atoms with Gasteiger partial charge in [0.25, 0.3) is 5.56 Å². The molecular weight excluding hydrogens is 327 g/mol. The number of nitrogens with zero attached hydrogens (tertiary/aromatic N) is 1. The Balaban J connectivity index is 2.15. The third-order valence-corrected chi connectivity index (χ3v) is 4.09. The Hall–Kier alpha value is -0.960. The van der Waals surface area contributed by atoms with Gasteiger partial charge in [-0.3, -0.25) is 18.9 Å². The van der Waals surface area contributed by atoms with Crippen LogP contribution in [0.5, 0.6) is 0 Å². The molecule has 11 heteroatoms. The molecule has 0 spiro atoms. The van der Waals surface area contributed by atoms with Crippen LogP contribution < -0.4 is 11.2 Å². The van der Waals surface area contributed by atoms with Crippen molar-refractivity contribution in [2.45, 2.75) is 24.7 Å². The van der Waals surface area contributed by atoms with Gasteiger partial charge < -0.3 is 14.5 Å². The number of hydrogen-bond donors (Lipinski definition) is 3. The summed E-state index contributed by atoms with van der Waals surface area (Å²) in [6, 6.07) is 1.18. The second kappa shape index (κ2) is 6.04. The fourth-order valence-electron chi connectivity index (χ4n) is 2.09. The van der Waals surface area contributed by atoms with Crippen LogP contribution in [0.3, 0.4) is 0 Å². The minimum absolute atomic E-state index is 0.0540. The maximum Gasteiger partial charge on any atom is 0.469 e. The summed E-state index contributed by atoms with van der Waals surface area (Å²) < 4.78 is 22.0. The molecule has 1 aliphatic rings. The smallest absolute Gasteiger partial charge is 0.348 e. The molecule has 1 unspecified atom stereocenters. The predicted molar refractivity (Wildman–Crippen MR) is 72.1 cm³/mol. The molecular formula is C10H14ClN2O7P. The molecule has 2 heterocycles. The van der Waals surface area contributed by atoms with Crippen molar-refractivity contribution < 1.29 is 23.6 Å². The lowest BCUT2D eigenvalue weighted by molar-refractivity contribution is -0.0845. The topological polar surface area (TPSA) is 131 Å². The average molecular weight is 341 g/mol. The van der Waals surface area contributed by atoms with Crippen LogP contribution in [0.15, 0.2) is 21.9 Å². The first-order valence-corrected chi connectivity index (χ1v) is 8.06. The molecule has 1 saturated heterocycles. The van der Waals surface area contributed by atoms with E-state index in [1.807, 2.05) is 0 Å². The van der Waals surface area contributed by atoms with E-state index < -0.39 is 37.5 Å². The zero-order valence-corrected chi connectivity index (χ0v) is 12.4. The molecule has 1 aliphatic heterocycles. The van der Waals surface area contributed by atoms with Gasteiger partial charge >= 0.3 is 13.5 Å². The number of rotatable bonds is 5. The van der Waals surface area contributed by atoms with Gasteiger partial charge in [0.2, 0.25) is 0 Å². The van der Waals surface area contributed by atoms with Crippen LogP contribution in [0.4, 0.5) is 0 Å². The van der Waals surface area contributed by atoms with Crippen molar-refractivity contribution in [3.05, 3.63) is 33.1 Å². The highest BCUT2D eigenvalue weighted by Crippen LogP contribution is 2.42. The second-order valence-corrected chi connectivity index (χ2v) is 6.22. The number of aromatic nitrogens is 2. The van der Waals surface area contributed by atoms with Crippen molar-refractivity contribution in [1.29, 1.82) is 0 Å². The quantitative estimate of drug-likeness (QED) is 0.505. The molecule has 9 nitrogen and oxygen atoms in total. The number of alkyl halides is 1. The van der Waals surface area contributed by atoms with Gasteiger partial charge in [-0.2, -0.15) is 0 Å². The first-order valence-electron chi connectivity index (χ1n) is 6.00. The largest absolute Gasteiger partial charge is 0.469 e. The van der Waals surface area contributed by atoms with E-state index in [4.69, 9.17) is 26.1 Å². The number of phosphoric acid groups is 1. The van der Waals surface area contributed by atoms with Gasteiger partial charge in [-0.25, -0.2) is 9.36 Å². The normalized spacial score (nSPS) is 26.1. The molecule has 1 aromatic heterocycles. The third-order valence-electron chi connectivity index (χ3n) is 3.13. The van der Waals surface area contributed by atoms with Crippen LogP contribution in [0.25, 0.3) is 0 Å². The first kappa shape index (κ1) is 16.4. The number of ether oxygens (including phenoxy) is 1. The molecule has 1 fully saturated rings. The monoisotopic (exact) mass is 340 g/mol. The Kier molecular flexibility index (Phi) is 4.72. The van der Waals surface area contributed by atoms with Gasteiger partial charge in [0.05, 0.1) is 12.5 Å². The number of nitrogens with one attached hydrogen (secondary N) is 1. The van der Waals surface area contributed by atoms with Crippen molar-refractivity contribution in [2.75, 3.05) is 12.5 Å². The molecule has 0 bridgehead atoms. The predicted octanol–water partition coefficient (Wildman–Crippen LogP) is -0.0675. The second-order valence-electron chi connectivity index (χ2n) is 4.71. The van der Waals surface area contributed by atoms with E-state index in [0.717, 1.165) is 0 Å². The fraction of sp³-hybridized carbons (Fsp3) is 0.600. The molecule has 2 atom stereocenters. The Morgan fingerprint density at radius 1 is 1.57 bits per heavy atom. The van der Waals surface area contributed by atoms with Crippen molar-refractivity contribution in [3.8, 4) is 0 Å². The van der Waals surface area contributed by atoms with Crippen LogP contribution >= 0.6 is 19.4 Å². The van der Waals surface area contributed by atoms with Crippen LogP contribution in [-0.4, -0.2) is 37.4 Å². The summed E-state index contributed by atoms with van der Waals surface area (Å²) in [5.74, 6) is -0.0540. The molecule has 0 radical (unpaired) electrons. The molecule has 0 amide bonds. The first-order chi connectivity index (χ1) is 9.75. The van der Waals surface area contributed by atoms with E-state index >= 15 is 0 Å². The third kappa shape index (κ3) is 4.03. The minimum atomic E-state index is -4.64. The molecule has 3 N–H and O–H groups in total. The molecule has 21 heavy (non-hydrogen) atoms. The van der Waals surface area contributed by atoms with Crippen molar-refractivity contribution in [1.82, 2.24) is 9.55 Å². The van der Waals surface area contributed by atoms with Gasteiger partial charge in [-0.15, -0.1) is 11.6 Å². The Labute approximate surface area is 123 Å².